The highest BCUT2D eigenvalue weighted by molar-refractivity contribution is 5.97. The molecular formula is C24H27N3O3. The molecule has 0 bridgehead atoms. The van der Waals surface area contributed by atoms with Gasteiger partial charge in [0, 0.05) is 5.69 Å². The van der Waals surface area contributed by atoms with E-state index in [1.54, 1.807) is 19.2 Å². The van der Waals surface area contributed by atoms with Gasteiger partial charge >= 0.3 is 0 Å². The van der Waals surface area contributed by atoms with Gasteiger partial charge in [-0.15, -0.1) is 0 Å². The van der Waals surface area contributed by atoms with E-state index in [1.807, 2.05) is 66.4 Å². The first-order valence-corrected chi connectivity index (χ1v) is 10.0. The number of nitrogens with one attached hydrogen (secondary N) is 2. The summed E-state index contributed by atoms with van der Waals surface area (Å²) in [6, 6.07) is 21.1. The Labute approximate surface area is 176 Å². The molecule has 0 spiro atoms. The zero-order chi connectivity index (χ0) is 21.3. The first-order valence-electron chi connectivity index (χ1n) is 10.0. The van der Waals surface area contributed by atoms with Crippen molar-refractivity contribution in [2.75, 3.05) is 37.4 Å². The minimum atomic E-state index is -0.188. The first kappa shape index (κ1) is 21.3. The fourth-order valence-corrected chi connectivity index (χ4v) is 3.34. The van der Waals surface area contributed by atoms with Gasteiger partial charge in [0.2, 0.25) is 11.8 Å². The number of benzene rings is 3. The lowest BCUT2D eigenvalue weighted by Gasteiger charge is -2.21. The minimum absolute atomic E-state index is 0.122. The van der Waals surface area contributed by atoms with Gasteiger partial charge in [0.05, 0.1) is 25.9 Å². The van der Waals surface area contributed by atoms with Crippen LogP contribution in [0.4, 0.5) is 11.4 Å². The molecule has 3 aromatic carbocycles. The summed E-state index contributed by atoms with van der Waals surface area (Å²) in [7, 11) is 1.56. The molecular weight excluding hydrogens is 378 g/mol. The Morgan fingerprint density at radius 2 is 1.53 bits per heavy atom. The maximum Gasteiger partial charge on any atom is 0.238 e. The quantitative estimate of drug-likeness (QED) is 0.561. The molecule has 0 atom stereocenters. The second kappa shape index (κ2) is 10.4. The summed E-state index contributed by atoms with van der Waals surface area (Å²) in [5.74, 6) is 0.261. The van der Waals surface area contributed by atoms with E-state index in [-0.39, 0.29) is 24.9 Å². The van der Waals surface area contributed by atoms with Crippen LogP contribution in [0.1, 0.15) is 13.3 Å². The Bertz CT molecular complexity index is 1020. The summed E-state index contributed by atoms with van der Waals surface area (Å²) in [5.41, 5.74) is 1.36. The minimum Gasteiger partial charge on any atom is -0.495 e. The molecule has 2 amide bonds. The number of carbonyl (C=O) groups excluding carboxylic acids is 2. The van der Waals surface area contributed by atoms with E-state index in [2.05, 4.69) is 10.6 Å². The van der Waals surface area contributed by atoms with Gasteiger partial charge in [-0.25, -0.2) is 0 Å². The number of amides is 2. The molecule has 0 aliphatic heterocycles. The highest BCUT2D eigenvalue weighted by Crippen LogP contribution is 2.23. The van der Waals surface area contributed by atoms with Gasteiger partial charge in [0.15, 0.2) is 0 Å². The molecule has 3 rings (SSSR count). The molecule has 156 valence electrons. The van der Waals surface area contributed by atoms with Crippen molar-refractivity contribution in [2.45, 2.75) is 13.3 Å². The highest BCUT2D eigenvalue weighted by Gasteiger charge is 2.15. The van der Waals surface area contributed by atoms with Gasteiger partial charge < -0.3 is 15.4 Å². The van der Waals surface area contributed by atoms with Crippen LogP contribution in [0.5, 0.6) is 5.75 Å². The van der Waals surface area contributed by atoms with E-state index in [9.17, 15) is 9.59 Å². The molecule has 0 heterocycles. The molecule has 0 fully saturated rings. The lowest BCUT2D eigenvalue weighted by Crippen LogP contribution is -2.39. The van der Waals surface area contributed by atoms with E-state index in [0.717, 1.165) is 22.9 Å². The second-order valence-corrected chi connectivity index (χ2v) is 7.07. The average molecular weight is 405 g/mol. The predicted octanol–water partition coefficient (Wildman–Crippen LogP) is 4.14. The Balaban J connectivity index is 1.59. The number of fused-ring (bicyclic) bond motifs is 1. The molecule has 0 unspecified atom stereocenters. The molecule has 6 nitrogen and oxygen atoms in total. The molecule has 0 radical (unpaired) electrons. The third-order valence-corrected chi connectivity index (χ3v) is 4.69. The van der Waals surface area contributed by atoms with E-state index in [0.29, 0.717) is 18.0 Å². The Morgan fingerprint density at radius 3 is 2.27 bits per heavy atom. The Morgan fingerprint density at radius 1 is 0.867 bits per heavy atom. The molecule has 6 heteroatoms. The first-order chi connectivity index (χ1) is 14.6. The molecule has 0 aromatic heterocycles. The van der Waals surface area contributed by atoms with Crippen LogP contribution >= 0.6 is 0 Å². The van der Waals surface area contributed by atoms with Crippen molar-refractivity contribution in [3.05, 3.63) is 66.7 Å². The molecule has 3 aromatic rings. The lowest BCUT2D eigenvalue weighted by molar-refractivity contribution is -0.120. The number of hydrogen-bond donors (Lipinski definition) is 2. The predicted molar refractivity (Wildman–Crippen MR) is 121 cm³/mol. The summed E-state index contributed by atoms with van der Waals surface area (Å²) in [5, 5.41) is 7.98. The van der Waals surface area contributed by atoms with Gasteiger partial charge in [-0.3, -0.25) is 14.5 Å². The second-order valence-electron chi connectivity index (χ2n) is 7.07. The van der Waals surface area contributed by atoms with Crippen molar-refractivity contribution in [3.63, 3.8) is 0 Å². The van der Waals surface area contributed by atoms with Gasteiger partial charge in [-0.2, -0.15) is 0 Å². The van der Waals surface area contributed by atoms with Crippen molar-refractivity contribution in [1.29, 1.82) is 0 Å². The van der Waals surface area contributed by atoms with E-state index < -0.39 is 0 Å². The summed E-state index contributed by atoms with van der Waals surface area (Å²) >= 11 is 0. The fraction of sp³-hybridized carbons (Fsp3) is 0.250. The number of hydrogen-bond acceptors (Lipinski definition) is 4. The van der Waals surface area contributed by atoms with Crippen LogP contribution in [0.3, 0.4) is 0 Å². The number of carbonyl (C=O) groups is 2. The van der Waals surface area contributed by atoms with Crippen molar-refractivity contribution in [3.8, 4) is 5.75 Å². The fourth-order valence-electron chi connectivity index (χ4n) is 3.34. The van der Waals surface area contributed by atoms with Gasteiger partial charge in [-0.1, -0.05) is 49.4 Å². The van der Waals surface area contributed by atoms with Crippen molar-refractivity contribution in [1.82, 2.24) is 4.90 Å². The Kier molecular flexibility index (Phi) is 7.40. The number of ether oxygens (including phenoxy) is 1. The van der Waals surface area contributed by atoms with Crippen LogP contribution in [-0.2, 0) is 9.59 Å². The van der Waals surface area contributed by atoms with Crippen LogP contribution in [0.15, 0.2) is 66.7 Å². The zero-order valence-corrected chi connectivity index (χ0v) is 17.4. The SMILES string of the molecule is CCCN(CC(=O)Nc1ccc2ccccc2c1)CC(=O)Nc1ccccc1OC. The normalized spacial score (nSPS) is 10.8. The maximum absolute atomic E-state index is 12.6. The van der Waals surface area contributed by atoms with Crippen molar-refractivity contribution >= 4 is 34.0 Å². The summed E-state index contributed by atoms with van der Waals surface area (Å²) in [4.78, 5) is 26.9. The van der Waals surface area contributed by atoms with E-state index in [1.165, 1.54) is 0 Å². The van der Waals surface area contributed by atoms with Crippen LogP contribution < -0.4 is 15.4 Å². The third kappa shape index (κ3) is 5.81. The van der Waals surface area contributed by atoms with Crippen LogP contribution in [0.25, 0.3) is 10.8 Å². The summed E-state index contributed by atoms with van der Waals surface area (Å²) < 4.78 is 5.27. The van der Waals surface area contributed by atoms with E-state index in [4.69, 9.17) is 4.74 Å². The van der Waals surface area contributed by atoms with Gasteiger partial charge in [-0.05, 0) is 48.0 Å². The number of anilines is 2. The lowest BCUT2D eigenvalue weighted by atomic mass is 10.1. The molecule has 30 heavy (non-hydrogen) atoms. The molecule has 0 aliphatic carbocycles. The Hall–Kier alpha value is -3.38. The number of nitrogens with zero attached hydrogens (tertiary/aromatic N) is 1. The monoisotopic (exact) mass is 405 g/mol. The molecule has 0 saturated heterocycles. The van der Waals surface area contributed by atoms with Crippen LogP contribution in [0, 0.1) is 0 Å². The number of methoxy groups -OCH3 is 1. The summed E-state index contributed by atoms with van der Waals surface area (Å²) in [6.45, 7) is 2.92. The molecule has 2 N–H and O–H groups in total. The van der Waals surface area contributed by atoms with Crippen molar-refractivity contribution < 1.29 is 14.3 Å². The van der Waals surface area contributed by atoms with Crippen LogP contribution in [0.2, 0.25) is 0 Å². The topological polar surface area (TPSA) is 70.7 Å². The number of rotatable bonds is 9. The van der Waals surface area contributed by atoms with Gasteiger partial charge in [0.1, 0.15) is 5.75 Å². The zero-order valence-electron chi connectivity index (χ0n) is 17.4. The highest BCUT2D eigenvalue weighted by atomic mass is 16.5. The average Bonchev–Trinajstić information content (AvgIpc) is 2.74. The number of para-hydroxylation sites is 2. The van der Waals surface area contributed by atoms with E-state index >= 15 is 0 Å². The molecule has 0 aliphatic rings. The largest absolute Gasteiger partial charge is 0.495 e. The van der Waals surface area contributed by atoms with Crippen molar-refractivity contribution in [2.24, 2.45) is 0 Å². The van der Waals surface area contributed by atoms with Crippen LogP contribution in [-0.4, -0.2) is 43.5 Å². The smallest absolute Gasteiger partial charge is 0.238 e. The standard InChI is InChI=1S/C24H27N3O3/c1-3-14-27(17-24(29)26-21-10-6-7-11-22(21)30-2)16-23(28)25-20-13-12-18-8-4-5-9-19(18)15-20/h4-13,15H,3,14,16-17H2,1-2H3,(H,25,28)(H,26,29). The third-order valence-electron chi connectivity index (χ3n) is 4.69. The van der Waals surface area contributed by atoms with Gasteiger partial charge in [0.25, 0.3) is 0 Å². The summed E-state index contributed by atoms with van der Waals surface area (Å²) in [6.07, 6.45) is 0.838. The molecule has 0 saturated carbocycles. The maximum atomic E-state index is 12.6.